The first-order valence-corrected chi connectivity index (χ1v) is 11.1. The van der Waals surface area contributed by atoms with Crippen LogP contribution in [-0.2, 0) is 14.8 Å². The molecular weight excluding hydrogens is 376 g/mol. The Kier molecular flexibility index (Phi) is 4.95. The Hall–Kier alpha value is -2.64. The van der Waals surface area contributed by atoms with Crippen LogP contribution in [0.25, 0.3) is 22.3 Å². The first-order valence-electron chi connectivity index (χ1n) is 9.25. The van der Waals surface area contributed by atoms with Crippen LogP contribution >= 0.6 is 0 Å². The van der Waals surface area contributed by atoms with Crippen LogP contribution in [0.2, 0.25) is 0 Å². The fourth-order valence-corrected chi connectivity index (χ4v) is 4.46. The van der Waals surface area contributed by atoms with Gasteiger partial charge in [-0.2, -0.15) is 0 Å². The van der Waals surface area contributed by atoms with E-state index in [1.165, 1.54) is 10.6 Å². The van der Waals surface area contributed by atoms with Crippen molar-refractivity contribution < 1.29 is 17.6 Å². The van der Waals surface area contributed by atoms with Gasteiger partial charge in [0.1, 0.15) is 11.3 Å². The van der Waals surface area contributed by atoms with Crippen LogP contribution in [0.15, 0.2) is 59.0 Å². The van der Waals surface area contributed by atoms with E-state index in [2.05, 4.69) is 5.32 Å². The zero-order valence-electron chi connectivity index (χ0n) is 15.6. The van der Waals surface area contributed by atoms with E-state index in [-0.39, 0.29) is 18.4 Å². The van der Waals surface area contributed by atoms with E-state index in [0.717, 1.165) is 22.3 Å². The molecule has 1 amide bonds. The minimum Gasteiger partial charge on any atom is -0.456 e. The summed E-state index contributed by atoms with van der Waals surface area (Å²) in [5.74, 6) is 0.290. The van der Waals surface area contributed by atoms with E-state index in [1.807, 2.05) is 54.6 Å². The molecule has 6 nitrogen and oxygen atoms in total. The third-order valence-corrected chi connectivity index (χ3v) is 6.36. The molecular formula is C21H22N2O4S. The number of hydrogen-bond donors (Lipinski definition) is 1. The SMILES string of the molecule is CS(=O)(=O)N1CCC[C@@H](C(=O)Nc2ccc(-c3cc4ccccc4o3)cc2)C1. The summed E-state index contributed by atoms with van der Waals surface area (Å²) in [7, 11) is -3.27. The molecule has 7 heteroatoms. The lowest BCUT2D eigenvalue weighted by molar-refractivity contribution is -0.120. The van der Waals surface area contributed by atoms with E-state index in [9.17, 15) is 13.2 Å². The largest absolute Gasteiger partial charge is 0.456 e. The maximum atomic E-state index is 12.6. The molecule has 4 rings (SSSR count). The maximum Gasteiger partial charge on any atom is 0.228 e. The number of para-hydroxylation sites is 1. The van der Waals surface area contributed by atoms with Crippen LogP contribution in [0.5, 0.6) is 0 Å². The van der Waals surface area contributed by atoms with Gasteiger partial charge in [-0.05, 0) is 49.2 Å². The quantitative estimate of drug-likeness (QED) is 0.727. The Balaban J connectivity index is 1.45. The third kappa shape index (κ3) is 3.95. The van der Waals surface area contributed by atoms with E-state index >= 15 is 0 Å². The smallest absolute Gasteiger partial charge is 0.228 e. The summed E-state index contributed by atoms with van der Waals surface area (Å²) in [5, 5.41) is 3.94. The molecule has 2 heterocycles. The van der Waals surface area contributed by atoms with Gasteiger partial charge in [0.2, 0.25) is 15.9 Å². The van der Waals surface area contributed by atoms with Gasteiger partial charge >= 0.3 is 0 Å². The number of fused-ring (bicyclic) bond motifs is 1. The van der Waals surface area contributed by atoms with Crippen LogP contribution in [-0.4, -0.2) is 38.0 Å². The number of furan rings is 1. The Labute approximate surface area is 164 Å². The summed E-state index contributed by atoms with van der Waals surface area (Å²) in [4.78, 5) is 12.6. The number of carbonyl (C=O) groups is 1. The number of carbonyl (C=O) groups excluding carboxylic acids is 1. The van der Waals surface area contributed by atoms with Crippen LogP contribution in [0.3, 0.4) is 0 Å². The zero-order chi connectivity index (χ0) is 19.7. The molecule has 1 aliphatic rings. The van der Waals surface area contributed by atoms with Gasteiger partial charge in [-0.3, -0.25) is 4.79 Å². The molecule has 0 spiro atoms. The monoisotopic (exact) mass is 398 g/mol. The fraction of sp³-hybridized carbons (Fsp3) is 0.286. The normalized spacial score (nSPS) is 18.2. The summed E-state index contributed by atoms with van der Waals surface area (Å²) in [6.45, 7) is 0.719. The summed E-state index contributed by atoms with van der Waals surface area (Å²) in [6.07, 6.45) is 2.56. The van der Waals surface area contributed by atoms with Gasteiger partial charge in [0.05, 0.1) is 12.2 Å². The maximum absolute atomic E-state index is 12.6. The third-order valence-electron chi connectivity index (χ3n) is 5.09. The number of nitrogens with zero attached hydrogens (tertiary/aromatic N) is 1. The number of amides is 1. The fourth-order valence-electron chi connectivity index (χ4n) is 3.54. The van der Waals surface area contributed by atoms with Crippen molar-refractivity contribution in [1.82, 2.24) is 4.31 Å². The first-order chi connectivity index (χ1) is 13.4. The summed E-state index contributed by atoms with van der Waals surface area (Å²) in [5.41, 5.74) is 2.44. The topological polar surface area (TPSA) is 79.6 Å². The summed E-state index contributed by atoms with van der Waals surface area (Å²) >= 11 is 0. The molecule has 0 radical (unpaired) electrons. The van der Waals surface area contributed by atoms with Gasteiger partial charge in [-0.25, -0.2) is 12.7 Å². The predicted octanol–water partition coefficient (Wildman–Crippen LogP) is 3.71. The van der Waals surface area contributed by atoms with Crippen molar-refractivity contribution in [3.63, 3.8) is 0 Å². The number of piperidine rings is 1. The minimum absolute atomic E-state index is 0.148. The van der Waals surface area contributed by atoms with Gasteiger partial charge in [0, 0.05) is 29.7 Å². The molecule has 0 saturated carbocycles. The van der Waals surface area contributed by atoms with Crippen molar-refractivity contribution >= 4 is 32.6 Å². The summed E-state index contributed by atoms with van der Waals surface area (Å²) in [6, 6.07) is 17.3. The predicted molar refractivity (Wildman–Crippen MR) is 109 cm³/mol. The van der Waals surface area contributed by atoms with E-state index in [0.29, 0.717) is 25.1 Å². The first kappa shape index (κ1) is 18.7. The number of sulfonamides is 1. The average molecular weight is 398 g/mol. The van der Waals surface area contributed by atoms with Crippen molar-refractivity contribution in [2.75, 3.05) is 24.7 Å². The highest BCUT2D eigenvalue weighted by atomic mass is 32.2. The number of hydrogen-bond acceptors (Lipinski definition) is 4. The number of benzene rings is 2. The molecule has 1 saturated heterocycles. The molecule has 0 unspecified atom stereocenters. The molecule has 2 aromatic carbocycles. The lowest BCUT2D eigenvalue weighted by Crippen LogP contribution is -2.43. The van der Waals surface area contributed by atoms with Gasteiger partial charge in [0.15, 0.2) is 0 Å². The zero-order valence-corrected chi connectivity index (χ0v) is 16.4. The second kappa shape index (κ2) is 7.41. The second-order valence-corrected chi connectivity index (χ2v) is 9.16. The molecule has 28 heavy (non-hydrogen) atoms. The van der Waals surface area contributed by atoms with Crippen molar-refractivity contribution in [3.05, 3.63) is 54.6 Å². The van der Waals surface area contributed by atoms with Gasteiger partial charge < -0.3 is 9.73 Å². The van der Waals surface area contributed by atoms with E-state index < -0.39 is 10.0 Å². The summed E-state index contributed by atoms with van der Waals surface area (Å²) < 4.78 is 30.7. The molecule has 1 aliphatic heterocycles. The van der Waals surface area contributed by atoms with Gasteiger partial charge in [0.25, 0.3) is 0 Å². The second-order valence-electron chi connectivity index (χ2n) is 7.18. The Morgan fingerprint density at radius 2 is 1.89 bits per heavy atom. The Bertz CT molecular complexity index is 1070. The Morgan fingerprint density at radius 1 is 1.14 bits per heavy atom. The number of anilines is 1. The number of nitrogens with one attached hydrogen (secondary N) is 1. The van der Waals surface area contributed by atoms with Crippen LogP contribution < -0.4 is 5.32 Å². The molecule has 1 N–H and O–H groups in total. The van der Waals surface area contributed by atoms with E-state index in [1.54, 1.807) is 0 Å². The molecule has 3 aromatic rings. The van der Waals surface area contributed by atoms with Crippen molar-refractivity contribution in [3.8, 4) is 11.3 Å². The molecule has 1 fully saturated rings. The van der Waals surface area contributed by atoms with E-state index in [4.69, 9.17) is 4.42 Å². The lowest BCUT2D eigenvalue weighted by Gasteiger charge is -2.30. The van der Waals surface area contributed by atoms with Gasteiger partial charge in [-0.15, -0.1) is 0 Å². The molecule has 0 aliphatic carbocycles. The molecule has 146 valence electrons. The molecule has 0 bridgehead atoms. The number of rotatable bonds is 4. The highest BCUT2D eigenvalue weighted by Crippen LogP contribution is 2.29. The molecule has 1 aromatic heterocycles. The minimum atomic E-state index is -3.27. The van der Waals surface area contributed by atoms with Crippen LogP contribution in [0.1, 0.15) is 12.8 Å². The van der Waals surface area contributed by atoms with Gasteiger partial charge in [-0.1, -0.05) is 18.2 Å². The lowest BCUT2D eigenvalue weighted by atomic mass is 9.98. The highest BCUT2D eigenvalue weighted by molar-refractivity contribution is 7.88. The van der Waals surface area contributed by atoms with Crippen LogP contribution in [0.4, 0.5) is 5.69 Å². The Morgan fingerprint density at radius 3 is 2.61 bits per heavy atom. The molecule has 1 atom stereocenters. The van der Waals surface area contributed by atoms with Crippen molar-refractivity contribution in [2.45, 2.75) is 12.8 Å². The highest BCUT2D eigenvalue weighted by Gasteiger charge is 2.30. The van der Waals surface area contributed by atoms with Crippen molar-refractivity contribution in [2.24, 2.45) is 5.92 Å². The van der Waals surface area contributed by atoms with Crippen LogP contribution in [0, 0.1) is 5.92 Å². The van der Waals surface area contributed by atoms with Crippen molar-refractivity contribution in [1.29, 1.82) is 0 Å². The standard InChI is InChI=1S/C21H22N2O4S/c1-28(25,26)23-12-4-6-17(14-23)21(24)22-18-10-8-15(9-11-18)20-13-16-5-2-3-7-19(16)27-20/h2-3,5,7-11,13,17H,4,6,12,14H2,1H3,(H,22,24)/t17-/m1/s1. The average Bonchev–Trinajstić information content (AvgIpc) is 3.12.